The van der Waals surface area contributed by atoms with Gasteiger partial charge in [-0.2, -0.15) is 13.2 Å². The van der Waals surface area contributed by atoms with Crippen molar-refractivity contribution < 1.29 is 13.2 Å². The van der Waals surface area contributed by atoms with Crippen LogP contribution in [-0.4, -0.2) is 7.05 Å². The first-order valence-corrected chi connectivity index (χ1v) is 7.38. The van der Waals surface area contributed by atoms with Gasteiger partial charge < -0.3 is 5.32 Å². The summed E-state index contributed by atoms with van der Waals surface area (Å²) in [6.07, 6.45) is -2.58. The average Bonchev–Trinajstić information content (AvgIpc) is 2.29. The zero-order valence-corrected chi connectivity index (χ0v) is 13.8. The Labute approximate surface area is 127 Å². The fraction of sp³-hybridized carbons (Fsp3) is 0.600. The van der Waals surface area contributed by atoms with Gasteiger partial charge in [0, 0.05) is 10.5 Å². The van der Waals surface area contributed by atoms with Gasteiger partial charge in [-0.1, -0.05) is 36.7 Å². The van der Waals surface area contributed by atoms with Crippen molar-refractivity contribution in [3.63, 3.8) is 0 Å². The zero-order valence-electron chi connectivity index (χ0n) is 12.2. The smallest absolute Gasteiger partial charge is 0.313 e. The fourth-order valence-electron chi connectivity index (χ4n) is 2.02. The van der Waals surface area contributed by atoms with Crippen LogP contribution in [0.4, 0.5) is 13.2 Å². The van der Waals surface area contributed by atoms with Crippen molar-refractivity contribution in [3.05, 3.63) is 33.8 Å². The topological polar surface area (TPSA) is 12.0 Å². The summed E-state index contributed by atoms with van der Waals surface area (Å²) in [6, 6.07) is 3.71. The van der Waals surface area contributed by atoms with E-state index in [1.54, 1.807) is 7.05 Å². The molecule has 0 saturated heterocycles. The second-order valence-corrected chi connectivity index (χ2v) is 7.03. The number of alkyl halides is 3. The Kier molecular flexibility index (Phi) is 5.67. The van der Waals surface area contributed by atoms with Gasteiger partial charge >= 0.3 is 6.18 Å². The lowest BCUT2D eigenvalue weighted by atomic mass is 9.87. The van der Waals surface area contributed by atoms with Gasteiger partial charge in [-0.15, -0.1) is 0 Å². The van der Waals surface area contributed by atoms with Crippen LogP contribution in [0, 0.1) is 5.41 Å². The molecule has 0 aliphatic carbocycles. The minimum absolute atomic E-state index is 0.0918. The molecule has 1 nitrogen and oxygen atoms in total. The van der Waals surface area contributed by atoms with Crippen molar-refractivity contribution in [3.8, 4) is 0 Å². The first-order valence-electron chi connectivity index (χ1n) is 6.58. The summed E-state index contributed by atoms with van der Waals surface area (Å²) in [5, 5.41) is 3.11. The molecule has 0 heterocycles. The highest BCUT2D eigenvalue weighted by molar-refractivity contribution is 9.10. The highest BCUT2D eigenvalue weighted by Crippen LogP contribution is 2.36. The summed E-state index contributed by atoms with van der Waals surface area (Å²) >= 11 is 3.35. The van der Waals surface area contributed by atoms with E-state index in [-0.39, 0.29) is 11.5 Å². The lowest BCUT2D eigenvalue weighted by Gasteiger charge is -2.24. The molecule has 114 valence electrons. The van der Waals surface area contributed by atoms with Gasteiger partial charge in [-0.3, -0.25) is 0 Å². The third kappa shape index (κ3) is 5.09. The molecular weight excluding hydrogens is 331 g/mol. The second kappa shape index (κ2) is 6.48. The van der Waals surface area contributed by atoms with E-state index < -0.39 is 11.7 Å². The maximum Gasteiger partial charge on any atom is 0.416 e. The Morgan fingerprint density at radius 1 is 1.20 bits per heavy atom. The molecule has 0 radical (unpaired) electrons. The third-order valence-corrected chi connectivity index (χ3v) is 3.95. The van der Waals surface area contributed by atoms with E-state index in [1.807, 2.05) is 0 Å². The first kappa shape index (κ1) is 17.5. The molecule has 1 rings (SSSR count). The molecule has 20 heavy (non-hydrogen) atoms. The van der Waals surface area contributed by atoms with Crippen molar-refractivity contribution in [2.45, 2.75) is 45.8 Å². The molecule has 1 atom stereocenters. The van der Waals surface area contributed by atoms with Gasteiger partial charge in [0.25, 0.3) is 0 Å². The molecule has 1 aromatic rings. The maximum atomic E-state index is 12.8. The normalized spacial score (nSPS) is 14.4. The van der Waals surface area contributed by atoms with Gasteiger partial charge in [0.05, 0.1) is 5.56 Å². The molecule has 0 spiro atoms. The van der Waals surface area contributed by atoms with Gasteiger partial charge in [0.15, 0.2) is 0 Å². The minimum atomic E-state index is -4.31. The number of nitrogens with one attached hydrogen (secondary N) is 1. The number of benzene rings is 1. The number of hydrogen-bond donors (Lipinski definition) is 1. The van der Waals surface area contributed by atoms with E-state index in [4.69, 9.17) is 0 Å². The summed E-state index contributed by atoms with van der Waals surface area (Å²) in [6.45, 7) is 6.38. The SMILES string of the molecule is CNC(CCC(C)(C)C)c1cc(C(F)(F)F)ccc1Br. The van der Waals surface area contributed by atoms with Crippen LogP contribution in [0.5, 0.6) is 0 Å². The Morgan fingerprint density at radius 3 is 2.25 bits per heavy atom. The first-order chi connectivity index (χ1) is 9.04. The molecule has 0 aromatic heterocycles. The van der Waals surface area contributed by atoms with E-state index >= 15 is 0 Å². The van der Waals surface area contributed by atoms with Gasteiger partial charge in [0.1, 0.15) is 0 Å². The van der Waals surface area contributed by atoms with E-state index in [9.17, 15) is 13.2 Å². The van der Waals surface area contributed by atoms with Crippen molar-refractivity contribution in [2.75, 3.05) is 7.05 Å². The maximum absolute atomic E-state index is 12.8. The number of halogens is 4. The zero-order chi connectivity index (χ0) is 15.6. The lowest BCUT2D eigenvalue weighted by molar-refractivity contribution is -0.137. The number of rotatable bonds is 4. The Bertz CT molecular complexity index is 449. The van der Waals surface area contributed by atoms with Crippen LogP contribution >= 0.6 is 15.9 Å². The lowest BCUT2D eigenvalue weighted by Crippen LogP contribution is -2.20. The van der Waals surface area contributed by atoms with Crippen LogP contribution in [0.15, 0.2) is 22.7 Å². The predicted octanol–water partition coefficient (Wildman–Crippen LogP) is 5.55. The molecule has 0 amide bonds. The van der Waals surface area contributed by atoms with Crippen LogP contribution < -0.4 is 5.32 Å². The van der Waals surface area contributed by atoms with Gasteiger partial charge in [-0.05, 0) is 49.1 Å². The molecule has 0 aliphatic rings. The van der Waals surface area contributed by atoms with Crippen LogP contribution in [-0.2, 0) is 6.18 Å². The quantitative estimate of drug-likeness (QED) is 0.749. The molecule has 0 aliphatic heterocycles. The summed E-state index contributed by atoms with van der Waals surface area (Å²) in [5.74, 6) is 0. The van der Waals surface area contributed by atoms with E-state index in [0.29, 0.717) is 10.0 Å². The molecular formula is C15H21BrF3N. The summed E-state index contributed by atoms with van der Waals surface area (Å²) < 4.78 is 39.1. The van der Waals surface area contributed by atoms with Crippen LogP contribution in [0.1, 0.15) is 50.8 Å². The van der Waals surface area contributed by atoms with Crippen molar-refractivity contribution in [1.29, 1.82) is 0 Å². The van der Waals surface area contributed by atoms with Crippen molar-refractivity contribution in [1.82, 2.24) is 5.32 Å². The minimum Gasteiger partial charge on any atom is -0.313 e. The average molecular weight is 352 g/mol. The monoisotopic (exact) mass is 351 g/mol. The number of hydrogen-bond acceptors (Lipinski definition) is 1. The Hall–Kier alpha value is -0.550. The van der Waals surface area contributed by atoms with Crippen LogP contribution in [0.3, 0.4) is 0 Å². The summed E-state index contributed by atoms with van der Waals surface area (Å²) in [5.41, 5.74) is 0.210. The van der Waals surface area contributed by atoms with Crippen molar-refractivity contribution in [2.24, 2.45) is 5.41 Å². The molecule has 1 aromatic carbocycles. The molecule has 1 unspecified atom stereocenters. The standard InChI is InChI=1S/C15H21BrF3N/c1-14(2,3)8-7-13(20-4)11-9-10(15(17,18)19)5-6-12(11)16/h5-6,9,13,20H,7-8H2,1-4H3. The molecule has 0 fully saturated rings. The Morgan fingerprint density at radius 2 is 1.80 bits per heavy atom. The fourth-order valence-corrected chi connectivity index (χ4v) is 2.54. The Balaban J connectivity index is 3.02. The predicted molar refractivity (Wildman–Crippen MR) is 79.6 cm³/mol. The highest BCUT2D eigenvalue weighted by atomic mass is 79.9. The van der Waals surface area contributed by atoms with E-state index in [0.717, 1.165) is 18.9 Å². The van der Waals surface area contributed by atoms with Gasteiger partial charge in [0.2, 0.25) is 0 Å². The molecule has 5 heteroatoms. The second-order valence-electron chi connectivity index (χ2n) is 6.17. The third-order valence-electron chi connectivity index (χ3n) is 3.23. The summed E-state index contributed by atoms with van der Waals surface area (Å²) in [4.78, 5) is 0. The van der Waals surface area contributed by atoms with E-state index in [2.05, 4.69) is 42.0 Å². The van der Waals surface area contributed by atoms with Crippen LogP contribution in [0.2, 0.25) is 0 Å². The van der Waals surface area contributed by atoms with E-state index in [1.165, 1.54) is 12.1 Å². The molecule has 0 bridgehead atoms. The summed E-state index contributed by atoms with van der Waals surface area (Å²) in [7, 11) is 1.78. The molecule has 0 saturated carbocycles. The van der Waals surface area contributed by atoms with Crippen molar-refractivity contribution >= 4 is 15.9 Å². The largest absolute Gasteiger partial charge is 0.416 e. The van der Waals surface area contributed by atoms with Crippen LogP contribution in [0.25, 0.3) is 0 Å². The van der Waals surface area contributed by atoms with Gasteiger partial charge in [-0.25, -0.2) is 0 Å². The highest BCUT2D eigenvalue weighted by Gasteiger charge is 2.31. The molecule has 1 N–H and O–H groups in total.